The predicted molar refractivity (Wildman–Crippen MR) is 119 cm³/mol. The van der Waals surface area contributed by atoms with Crippen molar-refractivity contribution in [2.45, 2.75) is 30.8 Å². The summed E-state index contributed by atoms with van der Waals surface area (Å²) in [7, 11) is 3.55. The number of ether oxygens (including phenoxy) is 1. The summed E-state index contributed by atoms with van der Waals surface area (Å²) < 4.78 is 5.62. The molecule has 2 aromatic heterocycles. The molecule has 0 aliphatic rings. The van der Waals surface area contributed by atoms with Crippen molar-refractivity contribution in [3.05, 3.63) is 36.0 Å². The van der Waals surface area contributed by atoms with Gasteiger partial charge in [0.25, 0.3) is 0 Å². The zero-order valence-electron chi connectivity index (χ0n) is 17.6. The minimum absolute atomic E-state index is 0.106. The van der Waals surface area contributed by atoms with E-state index in [0.29, 0.717) is 28.4 Å². The molecular formula is C20H25N7O2S. The van der Waals surface area contributed by atoms with Crippen LogP contribution in [0.15, 0.2) is 40.4 Å². The third-order valence-electron chi connectivity index (χ3n) is 4.20. The largest absolute Gasteiger partial charge is 0.490 e. The molecule has 0 aliphatic heterocycles. The van der Waals surface area contributed by atoms with Gasteiger partial charge in [-0.25, -0.2) is 9.97 Å². The van der Waals surface area contributed by atoms with Crippen LogP contribution in [0.1, 0.15) is 19.5 Å². The van der Waals surface area contributed by atoms with Crippen molar-refractivity contribution < 1.29 is 9.53 Å². The highest BCUT2D eigenvalue weighted by atomic mass is 32.2. The number of aromatic nitrogens is 4. The Labute approximate surface area is 179 Å². The van der Waals surface area contributed by atoms with E-state index in [1.807, 2.05) is 56.1 Å². The van der Waals surface area contributed by atoms with E-state index in [-0.39, 0.29) is 5.91 Å². The van der Waals surface area contributed by atoms with Crippen LogP contribution in [-0.2, 0) is 4.79 Å². The van der Waals surface area contributed by atoms with Gasteiger partial charge in [-0.15, -0.1) is 0 Å². The first-order chi connectivity index (χ1) is 14.4. The summed E-state index contributed by atoms with van der Waals surface area (Å²) in [5.41, 5.74) is 1.68. The van der Waals surface area contributed by atoms with E-state index in [4.69, 9.17) is 9.72 Å². The van der Waals surface area contributed by atoms with E-state index < -0.39 is 0 Å². The number of nitrogens with zero attached hydrogens (tertiary/aromatic N) is 4. The number of anilines is 4. The van der Waals surface area contributed by atoms with Crippen LogP contribution in [0.3, 0.4) is 0 Å². The maximum absolute atomic E-state index is 11.2. The molecule has 0 saturated heterocycles. The molecule has 0 saturated carbocycles. The van der Waals surface area contributed by atoms with Crippen molar-refractivity contribution in [3.63, 3.8) is 0 Å². The average Bonchev–Trinajstić information content (AvgIpc) is 3.12. The number of hydrogen-bond acceptors (Lipinski definition) is 8. The quantitative estimate of drug-likeness (QED) is 0.466. The van der Waals surface area contributed by atoms with E-state index in [1.165, 1.54) is 18.7 Å². The van der Waals surface area contributed by atoms with Crippen LogP contribution in [0, 0.1) is 6.92 Å². The number of rotatable bonds is 8. The molecule has 10 heteroatoms. The highest BCUT2D eigenvalue weighted by Crippen LogP contribution is 2.37. The topological polar surface area (TPSA) is 108 Å². The number of aryl methyl sites for hydroxylation is 1. The van der Waals surface area contributed by atoms with Crippen molar-refractivity contribution >= 4 is 40.8 Å². The first kappa shape index (κ1) is 21.4. The van der Waals surface area contributed by atoms with Gasteiger partial charge in [0.2, 0.25) is 11.7 Å². The Balaban J connectivity index is 1.94. The third-order valence-corrected chi connectivity index (χ3v) is 5.08. The van der Waals surface area contributed by atoms with Crippen LogP contribution in [0.25, 0.3) is 0 Å². The Kier molecular flexibility index (Phi) is 6.78. The molecule has 0 atom stereocenters. The molecule has 3 aromatic rings. The van der Waals surface area contributed by atoms with Gasteiger partial charge in [0.1, 0.15) is 0 Å². The fourth-order valence-corrected chi connectivity index (χ4v) is 3.42. The van der Waals surface area contributed by atoms with E-state index in [1.54, 1.807) is 7.11 Å². The summed E-state index contributed by atoms with van der Waals surface area (Å²) in [5, 5.41) is 13.7. The molecule has 30 heavy (non-hydrogen) atoms. The standard InChI is InChI=1S/C20H25N7O2S/c1-6-27(4)19-17(29-5)18(22-16-11-12(2)25-26-16)23-20(24-19)30-15-9-7-14(8-10-15)21-13(3)28/h7-11H,6H2,1-5H3,(H,21,28)(H2,22,23,24,25,26). The van der Waals surface area contributed by atoms with Crippen LogP contribution < -0.4 is 20.3 Å². The van der Waals surface area contributed by atoms with Gasteiger partial charge in [-0.2, -0.15) is 5.10 Å². The molecule has 1 aromatic carbocycles. The lowest BCUT2D eigenvalue weighted by atomic mass is 10.3. The van der Waals surface area contributed by atoms with Crippen LogP contribution in [0.4, 0.5) is 23.1 Å². The normalized spacial score (nSPS) is 10.6. The van der Waals surface area contributed by atoms with Crippen LogP contribution in [0.2, 0.25) is 0 Å². The first-order valence-corrected chi connectivity index (χ1v) is 10.2. The van der Waals surface area contributed by atoms with Gasteiger partial charge in [0.05, 0.1) is 7.11 Å². The zero-order valence-corrected chi connectivity index (χ0v) is 18.4. The highest BCUT2D eigenvalue weighted by molar-refractivity contribution is 7.99. The van der Waals surface area contributed by atoms with Gasteiger partial charge in [0.15, 0.2) is 22.6 Å². The number of aromatic amines is 1. The first-order valence-electron chi connectivity index (χ1n) is 9.41. The van der Waals surface area contributed by atoms with Gasteiger partial charge in [-0.05, 0) is 49.9 Å². The number of methoxy groups -OCH3 is 1. The molecule has 0 aliphatic carbocycles. The lowest BCUT2D eigenvalue weighted by Crippen LogP contribution is -2.19. The molecular weight excluding hydrogens is 402 g/mol. The smallest absolute Gasteiger partial charge is 0.221 e. The van der Waals surface area contributed by atoms with Crippen molar-refractivity contribution in [1.29, 1.82) is 0 Å². The summed E-state index contributed by atoms with van der Waals surface area (Å²) in [6.45, 7) is 6.20. The Morgan fingerprint density at radius 1 is 1.27 bits per heavy atom. The SMILES string of the molecule is CCN(C)c1nc(Sc2ccc(NC(C)=O)cc2)nc(Nc2cc(C)[nH]n2)c1OC. The fourth-order valence-electron chi connectivity index (χ4n) is 2.66. The average molecular weight is 428 g/mol. The lowest BCUT2D eigenvalue weighted by Gasteiger charge is -2.21. The highest BCUT2D eigenvalue weighted by Gasteiger charge is 2.19. The summed E-state index contributed by atoms with van der Waals surface area (Å²) in [6, 6.07) is 9.40. The number of amides is 1. The van der Waals surface area contributed by atoms with Gasteiger partial charge < -0.3 is 20.3 Å². The van der Waals surface area contributed by atoms with Crippen molar-refractivity contribution in [1.82, 2.24) is 20.2 Å². The molecule has 0 bridgehead atoms. The molecule has 9 nitrogen and oxygen atoms in total. The van der Waals surface area contributed by atoms with E-state index in [0.717, 1.165) is 22.8 Å². The second-order valence-electron chi connectivity index (χ2n) is 6.59. The number of carbonyl (C=O) groups excluding carboxylic acids is 1. The second kappa shape index (κ2) is 9.49. The number of H-pyrrole nitrogens is 1. The summed E-state index contributed by atoms with van der Waals surface area (Å²) in [5.74, 6) is 2.30. The lowest BCUT2D eigenvalue weighted by molar-refractivity contribution is -0.114. The third kappa shape index (κ3) is 5.20. The summed E-state index contributed by atoms with van der Waals surface area (Å²) >= 11 is 1.42. The molecule has 158 valence electrons. The Bertz CT molecular complexity index is 1020. The van der Waals surface area contributed by atoms with E-state index in [2.05, 4.69) is 25.8 Å². The zero-order chi connectivity index (χ0) is 21.7. The molecule has 2 heterocycles. The minimum Gasteiger partial charge on any atom is -0.490 e. The Hall–Kier alpha value is -3.27. The molecule has 0 fully saturated rings. The molecule has 0 radical (unpaired) electrons. The maximum atomic E-state index is 11.2. The fraction of sp³-hybridized carbons (Fsp3) is 0.300. The molecule has 3 rings (SSSR count). The molecule has 0 unspecified atom stereocenters. The maximum Gasteiger partial charge on any atom is 0.221 e. The number of carbonyl (C=O) groups is 1. The van der Waals surface area contributed by atoms with Crippen molar-refractivity contribution in [2.75, 3.05) is 36.2 Å². The summed E-state index contributed by atoms with van der Waals surface area (Å²) in [4.78, 5) is 23.5. The van der Waals surface area contributed by atoms with Gasteiger partial charge >= 0.3 is 0 Å². The molecule has 0 spiro atoms. The van der Waals surface area contributed by atoms with E-state index in [9.17, 15) is 4.79 Å². The molecule has 3 N–H and O–H groups in total. The van der Waals surface area contributed by atoms with Gasteiger partial charge in [-0.1, -0.05) is 0 Å². The van der Waals surface area contributed by atoms with Gasteiger partial charge in [0, 0.05) is 42.9 Å². The van der Waals surface area contributed by atoms with Gasteiger partial charge in [-0.3, -0.25) is 9.89 Å². The molecule has 1 amide bonds. The van der Waals surface area contributed by atoms with Crippen LogP contribution >= 0.6 is 11.8 Å². The Morgan fingerprint density at radius 2 is 2.00 bits per heavy atom. The predicted octanol–water partition coefficient (Wildman–Crippen LogP) is 3.83. The van der Waals surface area contributed by atoms with Crippen LogP contribution in [0.5, 0.6) is 5.75 Å². The monoisotopic (exact) mass is 427 g/mol. The van der Waals surface area contributed by atoms with Crippen LogP contribution in [-0.4, -0.2) is 46.8 Å². The van der Waals surface area contributed by atoms with Crippen molar-refractivity contribution in [3.8, 4) is 5.75 Å². The number of nitrogens with one attached hydrogen (secondary N) is 3. The van der Waals surface area contributed by atoms with Crippen molar-refractivity contribution in [2.24, 2.45) is 0 Å². The Morgan fingerprint density at radius 3 is 2.57 bits per heavy atom. The number of hydrogen-bond donors (Lipinski definition) is 3. The summed E-state index contributed by atoms with van der Waals surface area (Å²) in [6.07, 6.45) is 0. The second-order valence-corrected chi connectivity index (χ2v) is 7.64. The number of benzene rings is 1. The van der Waals surface area contributed by atoms with E-state index >= 15 is 0 Å². The minimum atomic E-state index is -0.106.